The lowest BCUT2D eigenvalue weighted by atomic mass is 10.2. The summed E-state index contributed by atoms with van der Waals surface area (Å²) in [5.74, 6) is 0.207. The van der Waals surface area contributed by atoms with Crippen LogP contribution in [0.1, 0.15) is 18.4 Å². The lowest BCUT2D eigenvalue weighted by molar-refractivity contribution is -0.128. The molecule has 1 heterocycles. The Morgan fingerprint density at radius 2 is 2.12 bits per heavy atom. The van der Waals surface area contributed by atoms with Crippen LogP contribution < -0.4 is 5.32 Å². The van der Waals surface area contributed by atoms with Crippen molar-refractivity contribution < 1.29 is 4.79 Å². The summed E-state index contributed by atoms with van der Waals surface area (Å²) in [5, 5.41) is 3.17. The monoisotopic (exact) mass is 218 g/mol. The highest BCUT2D eigenvalue weighted by Gasteiger charge is 2.16. The zero-order valence-electron chi connectivity index (χ0n) is 9.70. The molecule has 16 heavy (non-hydrogen) atoms. The summed E-state index contributed by atoms with van der Waals surface area (Å²) in [6.45, 7) is 4.31. The van der Waals surface area contributed by atoms with Gasteiger partial charge < -0.3 is 10.2 Å². The van der Waals surface area contributed by atoms with Gasteiger partial charge in [0.15, 0.2) is 0 Å². The van der Waals surface area contributed by atoms with Crippen molar-refractivity contribution in [1.29, 1.82) is 0 Å². The van der Waals surface area contributed by atoms with E-state index in [-0.39, 0.29) is 5.91 Å². The van der Waals surface area contributed by atoms with Gasteiger partial charge in [0.25, 0.3) is 0 Å². The molecule has 86 valence electrons. The fourth-order valence-corrected chi connectivity index (χ4v) is 2.01. The van der Waals surface area contributed by atoms with E-state index in [0.29, 0.717) is 6.54 Å². The van der Waals surface area contributed by atoms with Gasteiger partial charge in [0.05, 0.1) is 6.54 Å². The van der Waals surface area contributed by atoms with E-state index in [0.717, 1.165) is 31.6 Å². The molecule has 0 atom stereocenters. The predicted molar refractivity (Wildman–Crippen MR) is 65.5 cm³/mol. The third-order valence-electron chi connectivity index (χ3n) is 2.92. The topological polar surface area (TPSA) is 32.3 Å². The number of hydrogen-bond donors (Lipinski definition) is 1. The molecule has 1 fully saturated rings. The van der Waals surface area contributed by atoms with E-state index in [1.165, 1.54) is 5.56 Å². The molecule has 0 aromatic heterocycles. The number of likely N-dealkylation sites (tertiary alicyclic amines) is 1. The van der Waals surface area contributed by atoms with Crippen LogP contribution in [0.2, 0.25) is 0 Å². The number of nitrogens with one attached hydrogen (secondary N) is 1. The van der Waals surface area contributed by atoms with Crippen molar-refractivity contribution in [2.24, 2.45) is 0 Å². The SMILES string of the molecule is Cc1cccc(NCC(=O)N2CCCC2)c1. The van der Waals surface area contributed by atoms with E-state index in [1.807, 2.05) is 30.0 Å². The lowest BCUT2D eigenvalue weighted by Gasteiger charge is -2.16. The Bertz CT molecular complexity index is 370. The highest BCUT2D eigenvalue weighted by Crippen LogP contribution is 2.11. The first-order valence-electron chi connectivity index (χ1n) is 5.84. The average Bonchev–Trinajstić information content (AvgIpc) is 2.79. The van der Waals surface area contributed by atoms with Crippen LogP contribution in [0.4, 0.5) is 5.69 Å². The van der Waals surface area contributed by atoms with Crippen molar-refractivity contribution in [2.75, 3.05) is 25.0 Å². The van der Waals surface area contributed by atoms with Crippen LogP contribution in [0.15, 0.2) is 24.3 Å². The van der Waals surface area contributed by atoms with E-state index >= 15 is 0 Å². The third-order valence-corrected chi connectivity index (χ3v) is 2.92. The fourth-order valence-electron chi connectivity index (χ4n) is 2.01. The molecule has 1 amide bonds. The summed E-state index contributed by atoms with van der Waals surface area (Å²) in [5.41, 5.74) is 2.23. The Hall–Kier alpha value is -1.51. The maximum atomic E-state index is 11.8. The predicted octanol–water partition coefficient (Wildman–Crippen LogP) is 2.03. The second-order valence-corrected chi connectivity index (χ2v) is 4.31. The molecule has 0 aliphatic carbocycles. The normalized spacial score (nSPS) is 15.2. The first-order chi connectivity index (χ1) is 7.75. The molecule has 1 aliphatic rings. The standard InChI is InChI=1S/C13H18N2O/c1-11-5-4-6-12(9-11)14-10-13(16)15-7-2-3-8-15/h4-6,9,14H,2-3,7-8,10H2,1H3. The summed E-state index contributed by atoms with van der Waals surface area (Å²) < 4.78 is 0. The van der Waals surface area contributed by atoms with Crippen LogP contribution in [0.25, 0.3) is 0 Å². The Kier molecular flexibility index (Phi) is 3.44. The molecule has 3 heteroatoms. The van der Waals surface area contributed by atoms with Crippen LogP contribution in [-0.4, -0.2) is 30.4 Å². The van der Waals surface area contributed by atoms with Gasteiger partial charge in [-0.05, 0) is 37.5 Å². The van der Waals surface area contributed by atoms with Crippen molar-refractivity contribution >= 4 is 11.6 Å². The summed E-state index contributed by atoms with van der Waals surface area (Å²) in [6, 6.07) is 8.09. The summed E-state index contributed by atoms with van der Waals surface area (Å²) in [6.07, 6.45) is 2.30. The number of amides is 1. The highest BCUT2D eigenvalue weighted by atomic mass is 16.2. The number of hydrogen-bond acceptors (Lipinski definition) is 2. The van der Waals surface area contributed by atoms with E-state index in [1.54, 1.807) is 0 Å². The molecule has 1 aromatic carbocycles. The van der Waals surface area contributed by atoms with Crippen molar-refractivity contribution in [3.05, 3.63) is 29.8 Å². The van der Waals surface area contributed by atoms with E-state index in [4.69, 9.17) is 0 Å². The number of nitrogens with zero attached hydrogens (tertiary/aromatic N) is 1. The first kappa shape index (κ1) is 11.0. The van der Waals surface area contributed by atoms with E-state index in [2.05, 4.69) is 11.4 Å². The fraction of sp³-hybridized carbons (Fsp3) is 0.462. The molecule has 0 radical (unpaired) electrons. The molecule has 2 rings (SSSR count). The quantitative estimate of drug-likeness (QED) is 0.842. The first-order valence-corrected chi connectivity index (χ1v) is 5.84. The number of carbonyl (C=O) groups excluding carboxylic acids is 1. The number of rotatable bonds is 3. The molecule has 1 saturated heterocycles. The molecule has 0 saturated carbocycles. The summed E-state index contributed by atoms with van der Waals surface area (Å²) >= 11 is 0. The highest BCUT2D eigenvalue weighted by molar-refractivity contribution is 5.81. The number of carbonyl (C=O) groups is 1. The Morgan fingerprint density at radius 3 is 2.81 bits per heavy atom. The molecule has 3 nitrogen and oxygen atoms in total. The van der Waals surface area contributed by atoms with Gasteiger partial charge in [-0.15, -0.1) is 0 Å². The maximum absolute atomic E-state index is 11.8. The van der Waals surface area contributed by atoms with Gasteiger partial charge in [0, 0.05) is 18.8 Å². The summed E-state index contributed by atoms with van der Waals surface area (Å²) in [7, 11) is 0. The van der Waals surface area contributed by atoms with Crippen LogP contribution in [0.5, 0.6) is 0 Å². The Labute approximate surface area is 96.5 Å². The van der Waals surface area contributed by atoms with Gasteiger partial charge in [-0.2, -0.15) is 0 Å². The summed E-state index contributed by atoms with van der Waals surface area (Å²) in [4.78, 5) is 13.7. The minimum atomic E-state index is 0.207. The van der Waals surface area contributed by atoms with Crippen LogP contribution >= 0.6 is 0 Å². The zero-order chi connectivity index (χ0) is 11.4. The number of benzene rings is 1. The van der Waals surface area contributed by atoms with Crippen molar-refractivity contribution in [2.45, 2.75) is 19.8 Å². The van der Waals surface area contributed by atoms with E-state index < -0.39 is 0 Å². The lowest BCUT2D eigenvalue weighted by Crippen LogP contribution is -2.32. The van der Waals surface area contributed by atoms with Gasteiger partial charge in [-0.25, -0.2) is 0 Å². The van der Waals surface area contributed by atoms with Crippen LogP contribution in [-0.2, 0) is 4.79 Å². The molecular weight excluding hydrogens is 200 g/mol. The van der Waals surface area contributed by atoms with Gasteiger partial charge in [-0.1, -0.05) is 12.1 Å². The van der Waals surface area contributed by atoms with Crippen LogP contribution in [0.3, 0.4) is 0 Å². The van der Waals surface area contributed by atoms with Crippen LogP contribution in [0, 0.1) is 6.92 Å². The third kappa shape index (κ3) is 2.75. The van der Waals surface area contributed by atoms with E-state index in [9.17, 15) is 4.79 Å². The molecule has 1 aliphatic heterocycles. The van der Waals surface area contributed by atoms with Gasteiger partial charge in [0.1, 0.15) is 0 Å². The molecular formula is C13H18N2O. The Morgan fingerprint density at radius 1 is 1.38 bits per heavy atom. The largest absolute Gasteiger partial charge is 0.376 e. The minimum absolute atomic E-state index is 0.207. The number of aryl methyl sites for hydroxylation is 1. The smallest absolute Gasteiger partial charge is 0.241 e. The second kappa shape index (κ2) is 5.01. The molecule has 1 N–H and O–H groups in total. The molecule has 1 aromatic rings. The van der Waals surface area contributed by atoms with Gasteiger partial charge >= 0.3 is 0 Å². The Balaban J connectivity index is 1.84. The zero-order valence-corrected chi connectivity index (χ0v) is 9.70. The molecule has 0 unspecified atom stereocenters. The van der Waals surface area contributed by atoms with Gasteiger partial charge in [-0.3, -0.25) is 4.79 Å². The minimum Gasteiger partial charge on any atom is -0.376 e. The number of anilines is 1. The molecule has 0 bridgehead atoms. The maximum Gasteiger partial charge on any atom is 0.241 e. The van der Waals surface area contributed by atoms with Gasteiger partial charge in [0.2, 0.25) is 5.91 Å². The second-order valence-electron chi connectivity index (χ2n) is 4.31. The van der Waals surface area contributed by atoms with Crippen molar-refractivity contribution in [3.8, 4) is 0 Å². The molecule has 0 spiro atoms. The average molecular weight is 218 g/mol. The van der Waals surface area contributed by atoms with Crippen molar-refractivity contribution in [1.82, 2.24) is 4.90 Å². The van der Waals surface area contributed by atoms with Crippen molar-refractivity contribution in [3.63, 3.8) is 0 Å².